The number of nitrogens with one attached hydrogen (secondary N) is 1. The number of hydrogen-bond acceptors (Lipinski definition) is 2. The van der Waals surface area contributed by atoms with E-state index in [-0.39, 0.29) is 0 Å². The molecule has 4 atom stereocenters. The maximum atomic E-state index is 3.54. The molecule has 0 aromatic carbocycles. The molecule has 0 bridgehead atoms. The van der Waals surface area contributed by atoms with Crippen LogP contribution in [0.5, 0.6) is 0 Å². The first kappa shape index (κ1) is 13.4. The largest absolute Gasteiger partial charge is 0.317 e. The molecule has 0 amide bonds. The van der Waals surface area contributed by atoms with E-state index in [9.17, 15) is 0 Å². The standard InChI is InChI=1S/C15H30N2/c1-11-5-8-15(16-3)14(9-11)10-17(4)12(2)13-6-7-13/h11-16H,5-10H2,1-4H3. The normalized spacial score (nSPS) is 36.2. The molecule has 2 heteroatoms. The fourth-order valence-corrected chi connectivity index (χ4v) is 3.56. The van der Waals surface area contributed by atoms with E-state index in [4.69, 9.17) is 0 Å². The Hall–Kier alpha value is -0.0800. The van der Waals surface area contributed by atoms with Gasteiger partial charge in [-0.25, -0.2) is 0 Å². The van der Waals surface area contributed by atoms with Crippen LogP contribution in [0.4, 0.5) is 0 Å². The summed E-state index contributed by atoms with van der Waals surface area (Å²) in [4.78, 5) is 2.62. The number of rotatable bonds is 5. The Bertz CT molecular complexity index is 237. The number of nitrogens with zero attached hydrogens (tertiary/aromatic N) is 1. The Morgan fingerprint density at radius 2 is 1.94 bits per heavy atom. The van der Waals surface area contributed by atoms with Crippen LogP contribution in [0.1, 0.15) is 46.0 Å². The summed E-state index contributed by atoms with van der Waals surface area (Å²) in [6, 6.07) is 1.55. The maximum absolute atomic E-state index is 3.54. The van der Waals surface area contributed by atoms with Crippen LogP contribution in [0.2, 0.25) is 0 Å². The maximum Gasteiger partial charge on any atom is 0.0105 e. The lowest BCUT2D eigenvalue weighted by atomic mass is 9.78. The SMILES string of the molecule is CNC1CCC(C)CC1CN(C)C(C)C1CC1. The third-order valence-corrected chi connectivity index (χ3v) is 5.14. The molecule has 100 valence electrons. The fourth-order valence-electron chi connectivity index (χ4n) is 3.56. The van der Waals surface area contributed by atoms with Crippen molar-refractivity contribution in [1.29, 1.82) is 0 Å². The minimum absolute atomic E-state index is 0.750. The molecule has 2 rings (SSSR count). The van der Waals surface area contributed by atoms with Crippen LogP contribution < -0.4 is 5.32 Å². The van der Waals surface area contributed by atoms with Crippen molar-refractivity contribution in [1.82, 2.24) is 10.2 Å². The molecule has 0 aliphatic heterocycles. The van der Waals surface area contributed by atoms with Gasteiger partial charge in [0.15, 0.2) is 0 Å². The molecule has 0 saturated heterocycles. The van der Waals surface area contributed by atoms with Crippen molar-refractivity contribution in [3.05, 3.63) is 0 Å². The summed E-state index contributed by atoms with van der Waals surface area (Å²) in [5.41, 5.74) is 0. The van der Waals surface area contributed by atoms with E-state index in [1.165, 1.54) is 38.6 Å². The molecule has 4 unspecified atom stereocenters. The zero-order chi connectivity index (χ0) is 12.4. The molecule has 17 heavy (non-hydrogen) atoms. The molecule has 2 fully saturated rings. The van der Waals surface area contributed by atoms with E-state index < -0.39 is 0 Å². The van der Waals surface area contributed by atoms with Gasteiger partial charge in [0.05, 0.1) is 0 Å². The summed E-state index contributed by atoms with van der Waals surface area (Å²) >= 11 is 0. The van der Waals surface area contributed by atoms with Crippen LogP contribution >= 0.6 is 0 Å². The van der Waals surface area contributed by atoms with Gasteiger partial charge < -0.3 is 10.2 Å². The van der Waals surface area contributed by atoms with Crippen molar-refractivity contribution in [3.63, 3.8) is 0 Å². The lowest BCUT2D eigenvalue weighted by Gasteiger charge is -2.38. The lowest BCUT2D eigenvalue weighted by molar-refractivity contribution is 0.135. The predicted octanol–water partition coefficient (Wildman–Crippen LogP) is 2.74. The Morgan fingerprint density at radius 1 is 1.24 bits per heavy atom. The molecule has 1 N–H and O–H groups in total. The zero-order valence-corrected chi connectivity index (χ0v) is 12.1. The second-order valence-electron chi connectivity index (χ2n) is 6.59. The highest BCUT2D eigenvalue weighted by Gasteiger charge is 2.33. The Labute approximate surface area is 107 Å². The highest BCUT2D eigenvalue weighted by atomic mass is 15.1. The van der Waals surface area contributed by atoms with E-state index in [2.05, 4.69) is 38.2 Å². The summed E-state index contributed by atoms with van der Waals surface area (Å²) in [6.07, 6.45) is 7.11. The fraction of sp³-hybridized carbons (Fsp3) is 1.00. The molecule has 0 spiro atoms. The van der Waals surface area contributed by atoms with Gasteiger partial charge in [0.25, 0.3) is 0 Å². The molecule has 0 aromatic rings. The molecular formula is C15H30N2. The van der Waals surface area contributed by atoms with Gasteiger partial charge in [-0.2, -0.15) is 0 Å². The highest BCUT2D eigenvalue weighted by molar-refractivity contribution is 4.88. The van der Waals surface area contributed by atoms with Crippen LogP contribution in [0.25, 0.3) is 0 Å². The Balaban J connectivity index is 1.85. The molecule has 2 aliphatic rings. The monoisotopic (exact) mass is 238 g/mol. The van der Waals surface area contributed by atoms with E-state index in [0.29, 0.717) is 0 Å². The summed E-state index contributed by atoms with van der Waals surface area (Å²) in [5.74, 6) is 2.78. The molecule has 2 nitrogen and oxygen atoms in total. The smallest absolute Gasteiger partial charge is 0.0105 e. The van der Waals surface area contributed by atoms with E-state index in [1.807, 2.05) is 0 Å². The Kier molecular flexibility index (Phi) is 4.48. The molecule has 2 aliphatic carbocycles. The minimum atomic E-state index is 0.750. The third-order valence-electron chi connectivity index (χ3n) is 5.14. The molecule has 0 heterocycles. The Morgan fingerprint density at radius 3 is 2.53 bits per heavy atom. The van der Waals surface area contributed by atoms with Crippen molar-refractivity contribution in [2.45, 2.75) is 58.0 Å². The van der Waals surface area contributed by atoms with Gasteiger partial charge in [0.1, 0.15) is 0 Å². The molecule has 0 radical (unpaired) electrons. The highest BCUT2D eigenvalue weighted by Crippen LogP contribution is 2.36. The lowest BCUT2D eigenvalue weighted by Crippen LogP contribution is -2.45. The summed E-state index contributed by atoms with van der Waals surface area (Å²) in [7, 11) is 4.47. The van der Waals surface area contributed by atoms with Gasteiger partial charge in [-0.1, -0.05) is 6.92 Å². The first-order valence-corrected chi connectivity index (χ1v) is 7.49. The van der Waals surface area contributed by atoms with Crippen molar-refractivity contribution < 1.29 is 0 Å². The van der Waals surface area contributed by atoms with Gasteiger partial charge >= 0.3 is 0 Å². The van der Waals surface area contributed by atoms with Gasteiger partial charge in [-0.15, -0.1) is 0 Å². The first-order valence-electron chi connectivity index (χ1n) is 7.49. The second-order valence-corrected chi connectivity index (χ2v) is 6.59. The van der Waals surface area contributed by atoms with Crippen LogP contribution in [-0.2, 0) is 0 Å². The van der Waals surface area contributed by atoms with Crippen LogP contribution in [0.15, 0.2) is 0 Å². The summed E-state index contributed by atoms with van der Waals surface area (Å²) in [6.45, 7) is 6.12. The zero-order valence-electron chi connectivity index (χ0n) is 12.1. The number of hydrogen-bond donors (Lipinski definition) is 1. The van der Waals surface area contributed by atoms with Crippen molar-refractivity contribution in [3.8, 4) is 0 Å². The average Bonchev–Trinajstić information content (AvgIpc) is 3.12. The minimum Gasteiger partial charge on any atom is -0.317 e. The third kappa shape index (κ3) is 3.45. The molecule has 0 aromatic heterocycles. The van der Waals surface area contributed by atoms with E-state index in [0.717, 1.165) is 29.8 Å². The van der Waals surface area contributed by atoms with Gasteiger partial charge in [-0.3, -0.25) is 0 Å². The summed E-state index contributed by atoms with van der Waals surface area (Å²) < 4.78 is 0. The topological polar surface area (TPSA) is 15.3 Å². The first-order chi connectivity index (χ1) is 8.11. The molecule has 2 saturated carbocycles. The van der Waals surface area contributed by atoms with E-state index >= 15 is 0 Å². The molecular weight excluding hydrogens is 208 g/mol. The van der Waals surface area contributed by atoms with E-state index in [1.54, 1.807) is 0 Å². The van der Waals surface area contributed by atoms with Crippen LogP contribution in [-0.4, -0.2) is 37.6 Å². The summed E-state index contributed by atoms with van der Waals surface area (Å²) in [5, 5.41) is 3.54. The van der Waals surface area contributed by atoms with Gasteiger partial charge in [0.2, 0.25) is 0 Å². The second kappa shape index (κ2) is 5.71. The van der Waals surface area contributed by atoms with Crippen molar-refractivity contribution >= 4 is 0 Å². The van der Waals surface area contributed by atoms with Crippen LogP contribution in [0, 0.1) is 17.8 Å². The predicted molar refractivity (Wildman–Crippen MR) is 74.2 cm³/mol. The van der Waals surface area contributed by atoms with Gasteiger partial charge in [-0.05, 0) is 70.9 Å². The van der Waals surface area contributed by atoms with Gasteiger partial charge in [0, 0.05) is 18.6 Å². The van der Waals surface area contributed by atoms with Crippen molar-refractivity contribution in [2.24, 2.45) is 17.8 Å². The average molecular weight is 238 g/mol. The van der Waals surface area contributed by atoms with Crippen LogP contribution in [0.3, 0.4) is 0 Å². The quantitative estimate of drug-likeness (QED) is 0.792. The van der Waals surface area contributed by atoms with Crippen molar-refractivity contribution in [2.75, 3.05) is 20.6 Å².